The topological polar surface area (TPSA) is 20.2 Å². The van der Waals surface area contributed by atoms with E-state index in [-0.39, 0.29) is 0 Å². The van der Waals surface area contributed by atoms with E-state index >= 15 is 0 Å². The van der Waals surface area contributed by atoms with E-state index in [9.17, 15) is 5.11 Å². The summed E-state index contributed by atoms with van der Waals surface area (Å²) >= 11 is 0. The molecule has 316 valence electrons. The van der Waals surface area contributed by atoms with Gasteiger partial charge in [-0.3, -0.25) is 0 Å². The zero-order valence-electron chi connectivity index (χ0n) is 40.6. The molecule has 0 fully saturated rings. The van der Waals surface area contributed by atoms with Gasteiger partial charge in [0.1, 0.15) is 5.75 Å². The van der Waals surface area contributed by atoms with Gasteiger partial charge in [-0.05, 0) is 212 Å². The van der Waals surface area contributed by atoms with E-state index < -0.39 is 5.41 Å². The van der Waals surface area contributed by atoms with Gasteiger partial charge >= 0.3 is 0 Å². The molecule has 1 rings (SSSR count). The van der Waals surface area contributed by atoms with E-state index in [2.05, 4.69) is 186 Å². The van der Waals surface area contributed by atoms with Crippen molar-refractivity contribution < 1.29 is 5.11 Å². The maximum Gasteiger partial charge on any atom is 0.123 e. The summed E-state index contributed by atoms with van der Waals surface area (Å²) in [5.74, 6) is 0.837. The summed E-state index contributed by atoms with van der Waals surface area (Å²) in [5, 5.41) is 13.5. The van der Waals surface area contributed by atoms with Gasteiger partial charge in [0.05, 0.1) is 0 Å². The molecule has 0 aliphatic carbocycles. The standard InChI is InChI=1S/C56H86O/c1-38(2)20-27-48(28-21-39(3)4)47(19)53(33-26-44(13)14)56(36-34-45(15)16,37-35-46(17)18)54-51(31-24-42(9)10)49(29-22-40(5)6)50(30-23-41(7)8)52(55(54)57)32-25-43(11)12/h20-26,34-35,48,57H,27-33,36-37H2,1-19H3/b53-47+. The van der Waals surface area contributed by atoms with Crippen LogP contribution in [0.1, 0.15) is 191 Å². The molecule has 0 bridgehead atoms. The first-order valence-corrected chi connectivity index (χ1v) is 21.8. The summed E-state index contributed by atoms with van der Waals surface area (Å²) in [6.07, 6.45) is 29.3. The lowest BCUT2D eigenvalue weighted by Gasteiger charge is -2.42. The second-order valence-corrected chi connectivity index (χ2v) is 19.0. The van der Waals surface area contributed by atoms with Gasteiger partial charge < -0.3 is 5.11 Å². The molecule has 0 atom stereocenters. The van der Waals surface area contributed by atoms with Crippen molar-refractivity contribution in [1.82, 2.24) is 0 Å². The molecule has 0 heterocycles. The quantitative estimate of drug-likeness (QED) is 0.123. The molecule has 1 N–H and O–H groups in total. The van der Waals surface area contributed by atoms with Crippen LogP contribution in [-0.2, 0) is 31.1 Å². The molecular weight excluding hydrogens is 689 g/mol. The highest BCUT2D eigenvalue weighted by Gasteiger charge is 2.42. The Labute approximate surface area is 354 Å². The van der Waals surface area contributed by atoms with Gasteiger partial charge in [0.15, 0.2) is 0 Å². The summed E-state index contributed by atoms with van der Waals surface area (Å²) in [6.45, 7) is 42.3. The minimum Gasteiger partial charge on any atom is -0.507 e. The Bertz CT molecular complexity index is 1750. The molecule has 0 spiro atoms. The molecule has 1 heteroatoms. The van der Waals surface area contributed by atoms with Crippen LogP contribution in [0, 0.1) is 5.92 Å². The second kappa shape index (κ2) is 25.0. The van der Waals surface area contributed by atoms with Crippen LogP contribution in [0.25, 0.3) is 0 Å². The number of hydrogen-bond acceptors (Lipinski definition) is 1. The largest absolute Gasteiger partial charge is 0.507 e. The third-order valence-corrected chi connectivity index (χ3v) is 11.0. The number of phenols is 1. The van der Waals surface area contributed by atoms with Crippen LogP contribution in [0.5, 0.6) is 5.75 Å². The van der Waals surface area contributed by atoms with Crippen LogP contribution in [0.15, 0.2) is 116 Å². The van der Waals surface area contributed by atoms with Crippen molar-refractivity contribution in [2.24, 2.45) is 5.92 Å². The number of allylic oxidation sites excluding steroid dienone is 20. The lowest BCUT2D eigenvalue weighted by atomic mass is 9.62. The average molecular weight is 775 g/mol. The molecule has 0 aromatic heterocycles. The third-order valence-electron chi connectivity index (χ3n) is 11.0. The zero-order chi connectivity index (χ0) is 43.6. The highest BCUT2D eigenvalue weighted by molar-refractivity contribution is 5.63. The van der Waals surface area contributed by atoms with Gasteiger partial charge in [-0.25, -0.2) is 0 Å². The molecule has 1 aromatic rings. The Morgan fingerprint density at radius 1 is 0.404 bits per heavy atom. The summed E-state index contributed by atoms with van der Waals surface area (Å²) < 4.78 is 0. The average Bonchev–Trinajstić information content (AvgIpc) is 3.08. The van der Waals surface area contributed by atoms with Crippen LogP contribution in [0.2, 0.25) is 0 Å². The number of phenolic OH excluding ortho intramolecular Hbond substituents is 1. The lowest BCUT2D eigenvalue weighted by Crippen LogP contribution is -2.33. The van der Waals surface area contributed by atoms with Crippen LogP contribution in [0.4, 0.5) is 0 Å². The first kappa shape index (κ1) is 51.4. The van der Waals surface area contributed by atoms with Gasteiger partial charge in [0, 0.05) is 16.5 Å². The van der Waals surface area contributed by atoms with E-state index in [1.807, 2.05) is 0 Å². The zero-order valence-corrected chi connectivity index (χ0v) is 40.6. The summed E-state index contributed by atoms with van der Waals surface area (Å²) in [7, 11) is 0. The molecular formula is C56H86O. The van der Waals surface area contributed by atoms with Crippen molar-refractivity contribution in [1.29, 1.82) is 0 Å². The number of rotatable bonds is 21. The Morgan fingerprint density at radius 3 is 1.07 bits per heavy atom. The molecule has 0 aliphatic rings. The maximum absolute atomic E-state index is 13.5. The number of benzene rings is 1. The van der Waals surface area contributed by atoms with Crippen LogP contribution in [-0.4, -0.2) is 5.11 Å². The molecule has 0 unspecified atom stereocenters. The van der Waals surface area contributed by atoms with Gasteiger partial charge in [0.2, 0.25) is 0 Å². The van der Waals surface area contributed by atoms with E-state index in [1.165, 1.54) is 78.0 Å². The normalized spacial score (nSPS) is 11.5. The van der Waals surface area contributed by atoms with Crippen molar-refractivity contribution in [2.75, 3.05) is 0 Å². The van der Waals surface area contributed by atoms with Crippen LogP contribution < -0.4 is 0 Å². The predicted molar refractivity (Wildman–Crippen MR) is 259 cm³/mol. The second-order valence-electron chi connectivity index (χ2n) is 19.0. The highest BCUT2D eigenvalue weighted by atomic mass is 16.3. The van der Waals surface area contributed by atoms with E-state index in [1.54, 1.807) is 0 Å². The fourth-order valence-corrected chi connectivity index (χ4v) is 7.56. The van der Waals surface area contributed by atoms with Crippen molar-refractivity contribution in [3.8, 4) is 5.75 Å². The first-order chi connectivity index (χ1) is 26.5. The van der Waals surface area contributed by atoms with Gasteiger partial charge in [-0.2, -0.15) is 0 Å². The molecule has 0 aliphatic heterocycles. The van der Waals surface area contributed by atoms with Crippen LogP contribution >= 0.6 is 0 Å². The molecule has 57 heavy (non-hydrogen) atoms. The number of hydrogen-bond donors (Lipinski definition) is 1. The van der Waals surface area contributed by atoms with E-state index in [0.29, 0.717) is 18.1 Å². The molecule has 0 radical (unpaired) electrons. The summed E-state index contributed by atoms with van der Waals surface area (Å²) in [5.41, 5.74) is 20.5. The van der Waals surface area contributed by atoms with Gasteiger partial charge in [0.25, 0.3) is 0 Å². The monoisotopic (exact) mass is 775 g/mol. The molecule has 0 saturated heterocycles. The maximum atomic E-state index is 13.5. The fourth-order valence-electron chi connectivity index (χ4n) is 7.56. The first-order valence-electron chi connectivity index (χ1n) is 21.8. The summed E-state index contributed by atoms with van der Waals surface area (Å²) in [4.78, 5) is 0. The van der Waals surface area contributed by atoms with Gasteiger partial charge in [-0.1, -0.05) is 116 Å². The minimum atomic E-state index is -0.498. The van der Waals surface area contributed by atoms with Crippen LogP contribution in [0.3, 0.4) is 0 Å². The fraction of sp³-hybridized carbons (Fsp3) is 0.536. The Hall–Kier alpha value is -3.58. The Balaban J connectivity index is 5.27. The van der Waals surface area contributed by atoms with Gasteiger partial charge in [-0.15, -0.1) is 0 Å². The van der Waals surface area contributed by atoms with E-state index in [4.69, 9.17) is 0 Å². The SMILES string of the molecule is CC(C)=CC/C(=C(/C)C(CC=C(C)C)CC=C(C)C)C(CC=C(C)C)(CC=C(C)C)c1c(O)c(CC=C(C)C)c(CC=C(C)C)c(CC=C(C)C)c1CC=C(C)C. The summed E-state index contributed by atoms with van der Waals surface area (Å²) in [6, 6.07) is 0. The van der Waals surface area contributed by atoms with Crippen molar-refractivity contribution >= 4 is 0 Å². The minimum absolute atomic E-state index is 0.337. The van der Waals surface area contributed by atoms with Crippen molar-refractivity contribution in [3.63, 3.8) is 0 Å². The van der Waals surface area contributed by atoms with Crippen molar-refractivity contribution in [2.45, 2.75) is 195 Å². The van der Waals surface area contributed by atoms with Crippen molar-refractivity contribution in [3.05, 3.63) is 144 Å². The predicted octanol–water partition coefficient (Wildman–Crippen LogP) is 17.4. The lowest BCUT2D eigenvalue weighted by molar-refractivity contribution is 0.415. The molecule has 1 nitrogen and oxygen atoms in total. The Kier molecular flexibility index (Phi) is 22.6. The van der Waals surface area contributed by atoms with E-state index in [0.717, 1.165) is 62.5 Å². The highest BCUT2D eigenvalue weighted by Crippen LogP contribution is 2.53. The third kappa shape index (κ3) is 17.4. The molecule has 0 amide bonds. The smallest absolute Gasteiger partial charge is 0.123 e. The number of aromatic hydroxyl groups is 1. The molecule has 1 aromatic carbocycles. The Morgan fingerprint density at radius 2 is 0.719 bits per heavy atom. The molecule has 0 saturated carbocycles.